The van der Waals surface area contributed by atoms with Gasteiger partial charge >= 0.3 is 0 Å². The van der Waals surface area contributed by atoms with Gasteiger partial charge in [-0.3, -0.25) is 4.79 Å². The minimum atomic E-state index is -0.309. The van der Waals surface area contributed by atoms with Crippen LogP contribution in [0.5, 0.6) is 5.75 Å². The summed E-state index contributed by atoms with van der Waals surface area (Å²) in [4.78, 5) is 11.5. The maximum atomic E-state index is 11.5. The lowest BCUT2D eigenvalue weighted by atomic mass is 10.2. The second-order valence-electron chi connectivity index (χ2n) is 2.52. The fourth-order valence-corrected chi connectivity index (χ4v) is 1.84. The minimum absolute atomic E-state index is 0.170. The highest BCUT2D eigenvalue weighted by atomic mass is 79.9. The SMILES string of the molecule is O=c1c(CBr)cccc(CBr)c1O. The molecule has 2 nitrogen and oxygen atoms in total. The Balaban J connectivity index is 3.47. The normalized spacial score (nSPS) is 10.0. The topological polar surface area (TPSA) is 37.3 Å². The van der Waals surface area contributed by atoms with Crippen LogP contribution in [0.25, 0.3) is 0 Å². The lowest BCUT2D eigenvalue weighted by Crippen LogP contribution is -2.03. The summed E-state index contributed by atoms with van der Waals surface area (Å²) in [5, 5.41) is 10.4. The van der Waals surface area contributed by atoms with Crippen molar-refractivity contribution in [3.05, 3.63) is 39.5 Å². The van der Waals surface area contributed by atoms with E-state index in [9.17, 15) is 9.90 Å². The Hall–Kier alpha value is -0.350. The Morgan fingerprint density at radius 3 is 2.23 bits per heavy atom. The molecule has 1 rings (SSSR count). The minimum Gasteiger partial charge on any atom is -0.504 e. The molecule has 0 radical (unpaired) electrons. The average molecular weight is 308 g/mol. The molecule has 0 amide bonds. The first-order valence-electron chi connectivity index (χ1n) is 3.66. The van der Waals surface area contributed by atoms with E-state index in [2.05, 4.69) is 31.9 Å². The predicted molar refractivity (Wildman–Crippen MR) is 59.6 cm³/mol. The van der Waals surface area contributed by atoms with Crippen molar-refractivity contribution in [1.82, 2.24) is 0 Å². The quantitative estimate of drug-likeness (QED) is 0.853. The third-order valence-corrected chi connectivity index (χ3v) is 2.90. The Bertz CT molecular complexity index is 363. The molecular formula is C9H8Br2O2. The number of hydrogen-bond acceptors (Lipinski definition) is 2. The van der Waals surface area contributed by atoms with Crippen molar-refractivity contribution in [1.29, 1.82) is 0 Å². The molecular weight excluding hydrogens is 300 g/mol. The third kappa shape index (κ3) is 2.31. The van der Waals surface area contributed by atoms with Crippen molar-refractivity contribution in [2.45, 2.75) is 10.7 Å². The van der Waals surface area contributed by atoms with Gasteiger partial charge in [0.15, 0.2) is 5.75 Å². The van der Waals surface area contributed by atoms with E-state index in [1.165, 1.54) is 0 Å². The molecule has 0 atom stereocenters. The molecule has 0 heterocycles. The maximum absolute atomic E-state index is 11.5. The molecule has 0 aliphatic heterocycles. The molecule has 0 saturated heterocycles. The van der Waals surface area contributed by atoms with E-state index in [0.717, 1.165) is 0 Å². The first kappa shape index (κ1) is 10.7. The molecule has 1 N–H and O–H groups in total. The highest BCUT2D eigenvalue weighted by Gasteiger charge is 2.05. The van der Waals surface area contributed by atoms with Gasteiger partial charge in [-0.05, 0) is 0 Å². The number of alkyl halides is 2. The maximum Gasteiger partial charge on any atom is 0.224 e. The molecule has 0 fully saturated rings. The van der Waals surface area contributed by atoms with E-state index in [1.54, 1.807) is 18.2 Å². The van der Waals surface area contributed by atoms with E-state index >= 15 is 0 Å². The molecule has 13 heavy (non-hydrogen) atoms. The molecule has 0 saturated carbocycles. The summed E-state index contributed by atoms with van der Waals surface area (Å²) >= 11 is 6.39. The van der Waals surface area contributed by atoms with Gasteiger partial charge in [-0.2, -0.15) is 0 Å². The van der Waals surface area contributed by atoms with Crippen LogP contribution in [-0.4, -0.2) is 5.11 Å². The van der Waals surface area contributed by atoms with Crippen molar-refractivity contribution in [2.75, 3.05) is 0 Å². The van der Waals surface area contributed by atoms with Crippen molar-refractivity contribution in [3.8, 4) is 5.75 Å². The zero-order valence-corrected chi connectivity index (χ0v) is 9.93. The second kappa shape index (κ2) is 4.77. The summed E-state index contributed by atoms with van der Waals surface area (Å²) in [6.45, 7) is 0. The molecule has 1 aromatic carbocycles. The zero-order chi connectivity index (χ0) is 9.84. The summed E-state index contributed by atoms with van der Waals surface area (Å²) in [6, 6.07) is 5.18. The molecule has 70 valence electrons. The summed E-state index contributed by atoms with van der Waals surface area (Å²) in [7, 11) is 0. The Kier molecular flexibility index (Phi) is 3.93. The van der Waals surface area contributed by atoms with Gasteiger partial charge in [0, 0.05) is 21.8 Å². The van der Waals surface area contributed by atoms with Gasteiger partial charge in [0.2, 0.25) is 5.43 Å². The van der Waals surface area contributed by atoms with Crippen LogP contribution in [0, 0.1) is 0 Å². The molecule has 0 unspecified atom stereocenters. The predicted octanol–water partition coefficient (Wildman–Crippen LogP) is 2.54. The summed E-state index contributed by atoms with van der Waals surface area (Å²) in [5.74, 6) is -0.170. The van der Waals surface area contributed by atoms with Crippen LogP contribution in [0.4, 0.5) is 0 Å². The van der Waals surface area contributed by atoms with Crippen LogP contribution < -0.4 is 5.43 Å². The lowest BCUT2D eigenvalue weighted by Gasteiger charge is -1.92. The van der Waals surface area contributed by atoms with E-state index in [1.807, 2.05) is 0 Å². The van der Waals surface area contributed by atoms with Gasteiger partial charge in [0.05, 0.1) is 0 Å². The zero-order valence-electron chi connectivity index (χ0n) is 6.76. The van der Waals surface area contributed by atoms with Gasteiger partial charge in [-0.25, -0.2) is 0 Å². The summed E-state index contributed by atoms with van der Waals surface area (Å²) in [6.07, 6.45) is 0. The van der Waals surface area contributed by atoms with Crippen LogP contribution in [-0.2, 0) is 10.7 Å². The van der Waals surface area contributed by atoms with Crippen molar-refractivity contribution in [3.63, 3.8) is 0 Å². The molecule has 0 aromatic heterocycles. The van der Waals surface area contributed by atoms with E-state index < -0.39 is 0 Å². The highest BCUT2D eigenvalue weighted by Crippen LogP contribution is 2.15. The van der Waals surface area contributed by atoms with Crippen LogP contribution in [0.2, 0.25) is 0 Å². The highest BCUT2D eigenvalue weighted by molar-refractivity contribution is 9.08. The number of halogens is 2. The molecule has 1 aromatic rings. The smallest absolute Gasteiger partial charge is 0.224 e. The average Bonchev–Trinajstić information content (AvgIpc) is 2.28. The lowest BCUT2D eigenvalue weighted by molar-refractivity contribution is 0.466. The summed E-state index contributed by atoms with van der Waals surface area (Å²) < 4.78 is 0. The van der Waals surface area contributed by atoms with Gasteiger partial charge in [0.25, 0.3) is 0 Å². The monoisotopic (exact) mass is 306 g/mol. The Morgan fingerprint density at radius 2 is 1.69 bits per heavy atom. The van der Waals surface area contributed by atoms with E-state index in [-0.39, 0.29) is 11.2 Å². The van der Waals surface area contributed by atoms with Crippen LogP contribution in [0.1, 0.15) is 11.1 Å². The summed E-state index contributed by atoms with van der Waals surface area (Å²) in [5.41, 5.74) is 0.859. The van der Waals surface area contributed by atoms with Crippen molar-refractivity contribution in [2.24, 2.45) is 0 Å². The molecule has 0 bridgehead atoms. The van der Waals surface area contributed by atoms with Crippen LogP contribution >= 0.6 is 31.9 Å². The van der Waals surface area contributed by atoms with Crippen molar-refractivity contribution >= 4 is 31.9 Å². The Labute approximate surface area is 92.9 Å². The standard InChI is InChI=1S/C9H8Br2O2/c10-4-6-2-1-3-7(5-11)9(13)8(6)12/h1-3H,4-5H2,(H,12,13). The number of rotatable bonds is 2. The fourth-order valence-electron chi connectivity index (χ4n) is 0.946. The van der Waals surface area contributed by atoms with Gasteiger partial charge in [-0.15, -0.1) is 0 Å². The molecule has 0 aliphatic carbocycles. The fraction of sp³-hybridized carbons (Fsp3) is 0.222. The van der Waals surface area contributed by atoms with Gasteiger partial charge < -0.3 is 5.11 Å². The van der Waals surface area contributed by atoms with Gasteiger partial charge in [-0.1, -0.05) is 50.1 Å². The van der Waals surface area contributed by atoms with Crippen molar-refractivity contribution < 1.29 is 5.11 Å². The largest absolute Gasteiger partial charge is 0.504 e. The first-order chi connectivity index (χ1) is 6.20. The Morgan fingerprint density at radius 1 is 1.15 bits per heavy atom. The van der Waals surface area contributed by atoms with E-state index in [4.69, 9.17) is 0 Å². The third-order valence-electron chi connectivity index (χ3n) is 1.69. The molecule has 4 heteroatoms. The van der Waals surface area contributed by atoms with E-state index in [0.29, 0.717) is 21.8 Å². The van der Waals surface area contributed by atoms with Crippen LogP contribution in [0.15, 0.2) is 23.0 Å². The van der Waals surface area contributed by atoms with Gasteiger partial charge in [0.1, 0.15) is 0 Å². The number of aromatic hydroxyl groups is 1. The molecule has 0 spiro atoms. The van der Waals surface area contributed by atoms with Crippen LogP contribution in [0.3, 0.4) is 0 Å². The first-order valence-corrected chi connectivity index (χ1v) is 5.91. The molecule has 0 aliphatic rings. The number of hydrogen-bond donors (Lipinski definition) is 1. The second-order valence-corrected chi connectivity index (χ2v) is 3.64.